The Bertz CT molecular complexity index is 893. The van der Waals surface area contributed by atoms with E-state index in [0.717, 1.165) is 33.2 Å². The summed E-state index contributed by atoms with van der Waals surface area (Å²) in [5.41, 5.74) is 3.21. The number of fused-ring (bicyclic) bond motifs is 2. The highest BCUT2D eigenvalue weighted by molar-refractivity contribution is 7.20. The molecule has 0 spiro atoms. The van der Waals surface area contributed by atoms with Gasteiger partial charge in [-0.1, -0.05) is 23.5 Å². The van der Waals surface area contributed by atoms with Crippen molar-refractivity contribution in [1.82, 2.24) is 19.6 Å². The molecular weight excluding hydrogens is 282 g/mol. The molecule has 3 aromatic heterocycles. The molecule has 1 N–H and O–H groups in total. The molecule has 0 aliphatic carbocycles. The van der Waals surface area contributed by atoms with Gasteiger partial charge in [-0.25, -0.2) is 9.50 Å². The van der Waals surface area contributed by atoms with Crippen molar-refractivity contribution in [2.45, 2.75) is 13.5 Å². The molecule has 0 radical (unpaired) electrons. The number of benzene rings is 1. The first-order chi connectivity index (χ1) is 10.3. The first-order valence-corrected chi connectivity index (χ1v) is 7.50. The Labute approximate surface area is 125 Å². The maximum absolute atomic E-state index is 4.46. The van der Waals surface area contributed by atoms with Crippen LogP contribution in [0.3, 0.4) is 0 Å². The highest BCUT2D eigenvalue weighted by Crippen LogP contribution is 2.20. The molecule has 104 valence electrons. The van der Waals surface area contributed by atoms with E-state index in [9.17, 15) is 0 Å². The zero-order chi connectivity index (χ0) is 14.2. The molecule has 1 aromatic carbocycles. The van der Waals surface area contributed by atoms with Gasteiger partial charge in [0.25, 0.3) is 0 Å². The van der Waals surface area contributed by atoms with Crippen molar-refractivity contribution >= 4 is 32.3 Å². The van der Waals surface area contributed by atoms with Crippen molar-refractivity contribution in [3.63, 3.8) is 0 Å². The van der Waals surface area contributed by atoms with Gasteiger partial charge in [0.15, 0.2) is 0 Å². The molecular formula is C15H13N5S. The van der Waals surface area contributed by atoms with E-state index < -0.39 is 0 Å². The Balaban J connectivity index is 1.55. The van der Waals surface area contributed by atoms with Crippen LogP contribution in [0.4, 0.5) is 5.13 Å². The van der Waals surface area contributed by atoms with Gasteiger partial charge in [-0.15, -0.1) is 5.10 Å². The SMILES string of the molecule is Cc1cn2nc(NCc3ccc4ncccc4c3)sc2n1. The molecule has 0 amide bonds. The van der Waals surface area contributed by atoms with Crippen molar-refractivity contribution in [1.29, 1.82) is 0 Å². The lowest BCUT2D eigenvalue weighted by molar-refractivity contribution is 0.959. The molecule has 0 aliphatic rings. The van der Waals surface area contributed by atoms with Gasteiger partial charge in [0.2, 0.25) is 10.1 Å². The molecule has 6 heteroatoms. The summed E-state index contributed by atoms with van der Waals surface area (Å²) < 4.78 is 1.81. The number of anilines is 1. The van der Waals surface area contributed by atoms with Crippen molar-refractivity contribution in [2.75, 3.05) is 5.32 Å². The number of rotatable bonds is 3. The second-order valence-electron chi connectivity index (χ2n) is 4.90. The average Bonchev–Trinajstić information content (AvgIpc) is 3.01. The molecule has 0 saturated carbocycles. The highest BCUT2D eigenvalue weighted by atomic mass is 32.1. The lowest BCUT2D eigenvalue weighted by Gasteiger charge is -2.04. The maximum atomic E-state index is 4.46. The number of imidazole rings is 1. The minimum atomic E-state index is 0.737. The van der Waals surface area contributed by atoms with Crippen LogP contribution in [-0.2, 0) is 6.54 Å². The smallest absolute Gasteiger partial charge is 0.214 e. The van der Waals surface area contributed by atoms with E-state index in [1.54, 1.807) is 11.3 Å². The summed E-state index contributed by atoms with van der Waals surface area (Å²) in [6.45, 7) is 2.71. The average molecular weight is 295 g/mol. The quantitative estimate of drug-likeness (QED) is 0.630. The van der Waals surface area contributed by atoms with Crippen molar-refractivity contribution < 1.29 is 0 Å². The standard InChI is InChI=1S/C15H13N5S/c1-10-9-20-15(18-10)21-14(19-20)17-8-11-4-5-13-12(7-11)3-2-6-16-13/h2-7,9H,8H2,1H3,(H,17,19). The predicted octanol–water partition coefficient (Wildman–Crippen LogP) is 3.26. The van der Waals surface area contributed by atoms with E-state index in [1.807, 2.05) is 36.0 Å². The van der Waals surface area contributed by atoms with Gasteiger partial charge in [-0.3, -0.25) is 4.98 Å². The molecule has 0 bridgehead atoms. The largest absolute Gasteiger partial charge is 0.356 e. The van der Waals surface area contributed by atoms with Crippen molar-refractivity contribution in [3.8, 4) is 0 Å². The van der Waals surface area contributed by atoms with E-state index >= 15 is 0 Å². The maximum Gasteiger partial charge on any atom is 0.214 e. The topological polar surface area (TPSA) is 55.1 Å². The normalized spacial score (nSPS) is 11.3. The number of hydrogen-bond donors (Lipinski definition) is 1. The van der Waals surface area contributed by atoms with Crippen molar-refractivity contribution in [2.24, 2.45) is 0 Å². The molecule has 0 atom stereocenters. The summed E-state index contributed by atoms with van der Waals surface area (Å²) >= 11 is 1.56. The molecule has 0 unspecified atom stereocenters. The van der Waals surface area contributed by atoms with Crippen LogP contribution in [0.5, 0.6) is 0 Å². The number of hydrogen-bond acceptors (Lipinski definition) is 5. The Kier molecular flexibility index (Phi) is 2.82. The van der Waals surface area contributed by atoms with E-state index in [4.69, 9.17) is 0 Å². The Morgan fingerprint density at radius 2 is 2.24 bits per heavy atom. The van der Waals surface area contributed by atoms with Gasteiger partial charge < -0.3 is 5.32 Å². The fourth-order valence-corrected chi connectivity index (χ4v) is 3.12. The fourth-order valence-electron chi connectivity index (χ4n) is 2.29. The van der Waals surface area contributed by atoms with E-state index in [2.05, 4.69) is 38.6 Å². The summed E-state index contributed by atoms with van der Waals surface area (Å²) in [6, 6.07) is 10.3. The molecule has 0 aliphatic heterocycles. The first-order valence-electron chi connectivity index (χ1n) is 6.68. The minimum Gasteiger partial charge on any atom is -0.356 e. The van der Waals surface area contributed by atoms with Gasteiger partial charge in [0.05, 0.1) is 17.4 Å². The Hall–Kier alpha value is -2.47. The highest BCUT2D eigenvalue weighted by Gasteiger charge is 2.06. The molecule has 4 rings (SSSR count). The molecule has 0 fully saturated rings. The van der Waals surface area contributed by atoms with Crippen LogP contribution in [-0.4, -0.2) is 19.6 Å². The monoisotopic (exact) mass is 295 g/mol. The zero-order valence-electron chi connectivity index (χ0n) is 11.4. The van der Waals surface area contributed by atoms with Gasteiger partial charge in [-0.05, 0) is 30.7 Å². The lowest BCUT2D eigenvalue weighted by atomic mass is 10.1. The molecule has 0 saturated heterocycles. The van der Waals surface area contributed by atoms with Crippen LogP contribution in [0.15, 0.2) is 42.7 Å². The van der Waals surface area contributed by atoms with Crippen molar-refractivity contribution in [3.05, 3.63) is 54.0 Å². The minimum absolute atomic E-state index is 0.737. The van der Waals surface area contributed by atoms with Crippen LogP contribution in [0.2, 0.25) is 0 Å². The van der Waals surface area contributed by atoms with Gasteiger partial charge in [0.1, 0.15) is 0 Å². The molecule has 4 aromatic rings. The fraction of sp³-hybridized carbons (Fsp3) is 0.133. The van der Waals surface area contributed by atoms with E-state index in [0.29, 0.717) is 0 Å². The lowest BCUT2D eigenvalue weighted by Crippen LogP contribution is -1.99. The third kappa shape index (κ3) is 2.34. The zero-order valence-corrected chi connectivity index (χ0v) is 12.3. The number of nitrogens with zero attached hydrogens (tertiary/aromatic N) is 4. The Morgan fingerprint density at radius 1 is 1.29 bits per heavy atom. The van der Waals surface area contributed by atoms with Crippen LogP contribution in [0.1, 0.15) is 11.3 Å². The van der Waals surface area contributed by atoms with E-state index in [1.165, 1.54) is 5.56 Å². The summed E-state index contributed by atoms with van der Waals surface area (Å²) in [7, 11) is 0. The molecule has 5 nitrogen and oxygen atoms in total. The summed E-state index contributed by atoms with van der Waals surface area (Å²) in [4.78, 5) is 9.64. The third-order valence-corrected chi connectivity index (χ3v) is 4.16. The van der Waals surface area contributed by atoms with Crippen LogP contribution < -0.4 is 5.32 Å². The van der Waals surface area contributed by atoms with Crippen LogP contribution in [0, 0.1) is 6.92 Å². The number of nitrogens with one attached hydrogen (secondary N) is 1. The molecule has 3 heterocycles. The third-order valence-electron chi connectivity index (χ3n) is 3.27. The predicted molar refractivity (Wildman–Crippen MR) is 84.7 cm³/mol. The first kappa shape index (κ1) is 12.3. The van der Waals surface area contributed by atoms with Crippen LogP contribution >= 0.6 is 11.3 Å². The summed E-state index contributed by atoms with van der Waals surface area (Å²) in [5.74, 6) is 0. The van der Waals surface area contributed by atoms with Gasteiger partial charge >= 0.3 is 0 Å². The number of aromatic nitrogens is 4. The second kappa shape index (κ2) is 4.82. The van der Waals surface area contributed by atoms with E-state index in [-0.39, 0.29) is 0 Å². The van der Waals surface area contributed by atoms with Gasteiger partial charge in [0, 0.05) is 18.1 Å². The summed E-state index contributed by atoms with van der Waals surface area (Å²) in [6.07, 6.45) is 3.74. The summed E-state index contributed by atoms with van der Waals surface area (Å²) in [5, 5.41) is 9.84. The molecule has 21 heavy (non-hydrogen) atoms. The van der Waals surface area contributed by atoms with Gasteiger partial charge in [-0.2, -0.15) is 0 Å². The second-order valence-corrected chi connectivity index (χ2v) is 5.86. The van der Waals surface area contributed by atoms with Crippen LogP contribution in [0.25, 0.3) is 15.9 Å². The number of pyridine rings is 1. The Morgan fingerprint density at radius 3 is 3.14 bits per heavy atom. The number of aryl methyl sites for hydroxylation is 1.